The average Bonchev–Trinajstić information content (AvgIpc) is 2.75. The highest BCUT2D eigenvalue weighted by Crippen LogP contribution is 2.22. The van der Waals surface area contributed by atoms with E-state index in [2.05, 4.69) is 5.10 Å². The van der Waals surface area contributed by atoms with Crippen LogP contribution in [0.5, 0.6) is 0 Å². The van der Waals surface area contributed by atoms with Crippen molar-refractivity contribution in [2.75, 3.05) is 13.2 Å². The van der Waals surface area contributed by atoms with Crippen molar-refractivity contribution in [2.45, 2.75) is 26.8 Å². The molecule has 0 aromatic carbocycles. The Balaban J connectivity index is 2.14. The summed E-state index contributed by atoms with van der Waals surface area (Å²) in [5.41, 5.74) is 3.20. The van der Waals surface area contributed by atoms with E-state index in [1.165, 1.54) is 0 Å². The number of nitrogens with zero attached hydrogens (tertiary/aromatic N) is 3. The standard InChI is InChI=1S/C12H19N3O2/c1-8-11(9(2)14(3)13-8)6-15-5-10(7-16)4-12(15)17/h10,16H,4-7H2,1-3H3. The fourth-order valence-electron chi connectivity index (χ4n) is 2.37. The molecule has 1 aliphatic heterocycles. The Bertz CT molecular complexity index is 439. The number of aliphatic hydroxyl groups is 1. The molecule has 0 bridgehead atoms. The molecule has 2 rings (SSSR count). The third-order valence-corrected chi connectivity index (χ3v) is 3.56. The van der Waals surface area contributed by atoms with Gasteiger partial charge in [-0.2, -0.15) is 5.10 Å². The molecule has 5 heteroatoms. The number of carbonyl (C=O) groups is 1. The van der Waals surface area contributed by atoms with Crippen molar-refractivity contribution in [3.63, 3.8) is 0 Å². The van der Waals surface area contributed by atoms with Crippen LogP contribution < -0.4 is 0 Å². The molecule has 1 N–H and O–H groups in total. The summed E-state index contributed by atoms with van der Waals surface area (Å²) in [5, 5.41) is 13.4. The maximum absolute atomic E-state index is 11.8. The average molecular weight is 237 g/mol. The first-order valence-electron chi connectivity index (χ1n) is 5.90. The lowest BCUT2D eigenvalue weighted by molar-refractivity contribution is -0.128. The number of carbonyl (C=O) groups excluding carboxylic acids is 1. The van der Waals surface area contributed by atoms with Gasteiger partial charge >= 0.3 is 0 Å². The van der Waals surface area contributed by atoms with Gasteiger partial charge in [0.2, 0.25) is 5.91 Å². The molecular weight excluding hydrogens is 218 g/mol. The topological polar surface area (TPSA) is 58.4 Å². The summed E-state index contributed by atoms with van der Waals surface area (Å²) in [7, 11) is 1.91. The minimum Gasteiger partial charge on any atom is -0.396 e. The normalized spacial score (nSPS) is 20.4. The molecule has 0 aliphatic carbocycles. The van der Waals surface area contributed by atoms with Crippen LogP contribution in [0.2, 0.25) is 0 Å². The van der Waals surface area contributed by atoms with E-state index in [0.717, 1.165) is 17.0 Å². The van der Waals surface area contributed by atoms with Crippen LogP contribution in [0.3, 0.4) is 0 Å². The second-order valence-corrected chi connectivity index (χ2v) is 4.80. The number of rotatable bonds is 3. The first-order chi connectivity index (χ1) is 8.02. The number of hydrogen-bond acceptors (Lipinski definition) is 3. The highest BCUT2D eigenvalue weighted by molar-refractivity contribution is 5.78. The number of aliphatic hydroxyl groups excluding tert-OH is 1. The zero-order valence-electron chi connectivity index (χ0n) is 10.6. The van der Waals surface area contributed by atoms with Gasteiger partial charge in [-0.1, -0.05) is 0 Å². The van der Waals surface area contributed by atoms with Crippen molar-refractivity contribution in [1.29, 1.82) is 0 Å². The maximum atomic E-state index is 11.8. The molecule has 0 saturated carbocycles. The van der Waals surface area contributed by atoms with Crippen molar-refractivity contribution in [3.8, 4) is 0 Å². The van der Waals surface area contributed by atoms with Crippen molar-refractivity contribution >= 4 is 5.91 Å². The molecule has 1 unspecified atom stereocenters. The SMILES string of the molecule is Cc1nn(C)c(C)c1CN1CC(CO)CC1=O. The molecule has 17 heavy (non-hydrogen) atoms. The van der Waals surface area contributed by atoms with Gasteiger partial charge < -0.3 is 10.0 Å². The summed E-state index contributed by atoms with van der Waals surface area (Å²) in [5.74, 6) is 0.228. The van der Waals surface area contributed by atoms with Crippen LogP contribution in [0.1, 0.15) is 23.4 Å². The second-order valence-electron chi connectivity index (χ2n) is 4.80. The fraction of sp³-hybridized carbons (Fsp3) is 0.667. The minimum absolute atomic E-state index is 0.0905. The van der Waals surface area contributed by atoms with E-state index in [4.69, 9.17) is 5.11 Å². The Morgan fingerprint density at radius 1 is 1.47 bits per heavy atom. The molecule has 1 aliphatic rings. The monoisotopic (exact) mass is 237 g/mol. The Kier molecular flexibility index (Phi) is 3.19. The van der Waals surface area contributed by atoms with E-state index in [0.29, 0.717) is 19.5 Å². The van der Waals surface area contributed by atoms with Gasteiger partial charge in [0.25, 0.3) is 0 Å². The first kappa shape index (κ1) is 12.1. The molecule has 94 valence electrons. The van der Waals surface area contributed by atoms with Crippen LogP contribution in [-0.4, -0.2) is 38.8 Å². The Morgan fingerprint density at radius 3 is 2.65 bits per heavy atom. The van der Waals surface area contributed by atoms with E-state index < -0.39 is 0 Å². The van der Waals surface area contributed by atoms with Gasteiger partial charge in [-0.15, -0.1) is 0 Å². The predicted octanol–water partition coefficient (Wildman–Crippen LogP) is 0.378. The Morgan fingerprint density at radius 2 is 2.18 bits per heavy atom. The van der Waals surface area contributed by atoms with E-state index in [9.17, 15) is 4.79 Å². The molecule has 1 fully saturated rings. The number of aryl methyl sites for hydroxylation is 2. The van der Waals surface area contributed by atoms with Gasteiger partial charge in [0.1, 0.15) is 0 Å². The van der Waals surface area contributed by atoms with Gasteiger partial charge in [0.15, 0.2) is 0 Å². The van der Waals surface area contributed by atoms with Crippen LogP contribution in [0.4, 0.5) is 0 Å². The molecule has 2 heterocycles. The number of aromatic nitrogens is 2. The summed E-state index contributed by atoms with van der Waals surface area (Å²) >= 11 is 0. The molecule has 1 atom stereocenters. The minimum atomic E-state index is 0.0905. The summed E-state index contributed by atoms with van der Waals surface area (Å²) in [6.45, 7) is 5.34. The highest BCUT2D eigenvalue weighted by atomic mass is 16.3. The molecule has 1 aromatic heterocycles. The highest BCUT2D eigenvalue weighted by Gasteiger charge is 2.29. The molecule has 1 aromatic rings. The van der Waals surface area contributed by atoms with E-state index >= 15 is 0 Å². The second kappa shape index (κ2) is 4.49. The van der Waals surface area contributed by atoms with E-state index in [1.54, 1.807) is 0 Å². The van der Waals surface area contributed by atoms with Gasteiger partial charge in [-0.25, -0.2) is 0 Å². The first-order valence-corrected chi connectivity index (χ1v) is 5.90. The third-order valence-electron chi connectivity index (χ3n) is 3.56. The fourth-order valence-corrected chi connectivity index (χ4v) is 2.37. The molecule has 1 amide bonds. The zero-order chi connectivity index (χ0) is 12.6. The van der Waals surface area contributed by atoms with Crippen LogP contribution in [0.25, 0.3) is 0 Å². The lowest BCUT2D eigenvalue weighted by Crippen LogP contribution is -2.25. The van der Waals surface area contributed by atoms with Crippen molar-refractivity contribution in [3.05, 3.63) is 17.0 Å². The summed E-state index contributed by atoms with van der Waals surface area (Å²) < 4.78 is 1.84. The van der Waals surface area contributed by atoms with Crippen LogP contribution in [0.15, 0.2) is 0 Å². The van der Waals surface area contributed by atoms with E-state index in [-0.39, 0.29) is 18.4 Å². The van der Waals surface area contributed by atoms with Crippen molar-refractivity contribution in [1.82, 2.24) is 14.7 Å². The maximum Gasteiger partial charge on any atom is 0.223 e. The van der Waals surface area contributed by atoms with Crippen molar-refractivity contribution < 1.29 is 9.90 Å². The third kappa shape index (κ3) is 2.20. The number of hydrogen-bond donors (Lipinski definition) is 1. The Hall–Kier alpha value is -1.36. The van der Waals surface area contributed by atoms with Crippen LogP contribution in [-0.2, 0) is 18.4 Å². The summed E-state index contributed by atoms with van der Waals surface area (Å²) in [4.78, 5) is 13.6. The van der Waals surface area contributed by atoms with Gasteiger partial charge in [0.05, 0.1) is 5.69 Å². The van der Waals surface area contributed by atoms with Gasteiger partial charge in [0, 0.05) is 50.3 Å². The van der Waals surface area contributed by atoms with Crippen LogP contribution >= 0.6 is 0 Å². The molecule has 0 radical (unpaired) electrons. The predicted molar refractivity (Wildman–Crippen MR) is 63.3 cm³/mol. The van der Waals surface area contributed by atoms with Crippen molar-refractivity contribution in [2.24, 2.45) is 13.0 Å². The van der Waals surface area contributed by atoms with Gasteiger partial charge in [-0.05, 0) is 13.8 Å². The van der Waals surface area contributed by atoms with Crippen LogP contribution in [0, 0.1) is 19.8 Å². The van der Waals surface area contributed by atoms with E-state index in [1.807, 2.05) is 30.5 Å². The largest absolute Gasteiger partial charge is 0.396 e. The molecule has 1 saturated heterocycles. The number of likely N-dealkylation sites (tertiary alicyclic amines) is 1. The quantitative estimate of drug-likeness (QED) is 0.826. The summed E-state index contributed by atoms with van der Waals surface area (Å²) in [6.07, 6.45) is 0.467. The lowest BCUT2D eigenvalue weighted by Gasteiger charge is -2.16. The van der Waals surface area contributed by atoms with Gasteiger partial charge in [-0.3, -0.25) is 9.48 Å². The number of amides is 1. The zero-order valence-corrected chi connectivity index (χ0v) is 10.6. The smallest absolute Gasteiger partial charge is 0.223 e. The molecule has 0 spiro atoms. The molecular formula is C12H19N3O2. The molecule has 5 nitrogen and oxygen atoms in total. The summed E-state index contributed by atoms with van der Waals surface area (Å²) in [6, 6.07) is 0. The Labute approximate surface area is 101 Å². The lowest BCUT2D eigenvalue weighted by atomic mass is 10.1.